The van der Waals surface area contributed by atoms with Crippen molar-refractivity contribution in [1.82, 2.24) is 0 Å². The molecule has 0 bridgehead atoms. The van der Waals surface area contributed by atoms with Crippen LogP contribution in [0.25, 0.3) is 0 Å². The van der Waals surface area contributed by atoms with Crippen LogP contribution in [0.1, 0.15) is 24.2 Å². The number of nitrogens with one attached hydrogen (secondary N) is 1. The van der Waals surface area contributed by atoms with Gasteiger partial charge in [-0.3, -0.25) is 0 Å². The molecule has 0 saturated carbocycles. The van der Waals surface area contributed by atoms with E-state index in [1.807, 2.05) is 23.9 Å². The quantitative estimate of drug-likeness (QED) is 0.746. The third kappa shape index (κ3) is 3.20. The van der Waals surface area contributed by atoms with E-state index < -0.39 is 0 Å². The van der Waals surface area contributed by atoms with Gasteiger partial charge in [0.15, 0.2) is 0 Å². The van der Waals surface area contributed by atoms with Gasteiger partial charge in [0.25, 0.3) is 0 Å². The molecule has 1 nitrogen and oxygen atoms in total. The topological polar surface area (TPSA) is 12.0 Å². The Bertz CT molecular complexity index is 330. The van der Waals surface area contributed by atoms with Gasteiger partial charge in [-0.05, 0) is 36.8 Å². The molecule has 0 saturated heterocycles. The fourth-order valence-corrected chi connectivity index (χ4v) is 2.90. The van der Waals surface area contributed by atoms with E-state index in [1.165, 1.54) is 23.4 Å². The van der Waals surface area contributed by atoms with Gasteiger partial charge in [-0.2, -0.15) is 11.8 Å². The highest BCUT2D eigenvalue weighted by molar-refractivity contribution is 7.99. The maximum absolute atomic E-state index is 5.97. The van der Waals surface area contributed by atoms with Gasteiger partial charge in [-0.1, -0.05) is 17.7 Å². The number of rotatable bonds is 0. The summed E-state index contributed by atoms with van der Waals surface area (Å²) in [5.74, 6) is 1.23. The van der Waals surface area contributed by atoms with E-state index in [0.29, 0.717) is 5.25 Å². The van der Waals surface area contributed by atoms with E-state index in [9.17, 15) is 0 Å². The molecule has 84 valence electrons. The van der Waals surface area contributed by atoms with Crippen LogP contribution in [-0.4, -0.2) is 12.3 Å². The van der Waals surface area contributed by atoms with E-state index in [4.69, 9.17) is 11.6 Å². The molecule has 1 heterocycles. The molecule has 1 aromatic carbocycles. The molecule has 2 rings (SSSR count). The average Bonchev–Trinajstić information content (AvgIpc) is 2.14. The second kappa shape index (κ2) is 5.88. The van der Waals surface area contributed by atoms with E-state index in [-0.39, 0.29) is 12.4 Å². The molecule has 15 heavy (non-hydrogen) atoms. The van der Waals surface area contributed by atoms with Gasteiger partial charge >= 0.3 is 0 Å². The fraction of sp³-hybridized carbons (Fsp3) is 0.455. The Morgan fingerprint density at radius 3 is 3.07 bits per heavy atom. The first-order chi connectivity index (χ1) is 6.77. The molecule has 1 aliphatic rings. The number of thioether (sulfide) groups is 1. The lowest BCUT2D eigenvalue weighted by atomic mass is 10.1. The monoisotopic (exact) mass is 263 g/mol. The van der Waals surface area contributed by atoms with Crippen molar-refractivity contribution in [2.24, 2.45) is 0 Å². The minimum absolute atomic E-state index is 0. The van der Waals surface area contributed by atoms with Crippen LogP contribution in [0, 0.1) is 0 Å². The Morgan fingerprint density at radius 1 is 1.47 bits per heavy atom. The summed E-state index contributed by atoms with van der Waals surface area (Å²) in [5, 5.41) is 4.82. The van der Waals surface area contributed by atoms with E-state index in [0.717, 1.165) is 11.6 Å². The molecule has 1 aromatic rings. The summed E-state index contributed by atoms with van der Waals surface area (Å²) in [5.41, 5.74) is 2.58. The van der Waals surface area contributed by atoms with Crippen LogP contribution in [-0.2, 0) is 0 Å². The molecule has 0 fully saturated rings. The molecule has 0 spiro atoms. The van der Waals surface area contributed by atoms with Crippen molar-refractivity contribution >= 4 is 41.5 Å². The molecule has 0 radical (unpaired) electrons. The molecule has 0 aromatic heterocycles. The average molecular weight is 264 g/mol. The smallest absolute Gasteiger partial charge is 0.0426 e. The van der Waals surface area contributed by atoms with Gasteiger partial charge in [-0.25, -0.2) is 0 Å². The third-order valence-corrected chi connectivity index (χ3v) is 3.97. The van der Waals surface area contributed by atoms with Gasteiger partial charge in [0, 0.05) is 22.5 Å². The first kappa shape index (κ1) is 13.0. The fourth-order valence-electron chi connectivity index (χ4n) is 1.68. The maximum atomic E-state index is 5.97. The van der Waals surface area contributed by atoms with Gasteiger partial charge in [0.2, 0.25) is 0 Å². The van der Waals surface area contributed by atoms with Crippen molar-refractivity contribution in [2.75, 3.05) is 17.6 Å². The normalized spacial score (nSPS) is 20.3. The first-order valence-corrected chi connectivity index (χ1v) is 6.35. The maximum Gasteiger partial charge on any atom is 0.0426 e. The third-order valence-electron chi connectivity index (χ3n) is 2.46. The zero-order valence-corrected chi connectivity index (χ0v) is 11.0. The molecular weight excluding hydrogens is 249 g/mol. The van der Waals surface area contributed by atoms with Gasteiger partial charge < -0.3 is 5.32 Å². The van der Waals surface area contributed by atoms with Crippen LogP contribution in [0.3, 0.4) is 0 Å². The van der Waals surface area contributed by atoms with Gasteiger partial charge in [-0.15, -0.1) is 12.4 Å². The minimum atomic E-state index is 0. The Kier molecular flexibility index (Phi) is 5.10. The van der Waals surface area contributed by atoms with Crippen molar-refractivity contribution < 1.29 is 0 Å². The molecule has 0 aliphatic carbocycles. The Hall–Kier alpha value is -0.0500. The van der Waals surface area contributed by atoms with Crippen molar-refractivity contribution in [3.05, 3.63) is 28.8 Å². The van der Waals surface area contributed by atoms with Crippen molar-refractivity contribution in [3.8, 4) is 0 Å². The van der Waals surface area contributed by atoms with E-state index in [2.05, 4.69) is 18.3 Å². The summed E-state index contributed by atoms with van der Waals surface area (Å²) < 4.78 is 0. The largest absolute Gasteiger partial charge is 0.385 e. The lowest BCUT2D eigenvalue weighted by molar-refractivity contribution is 0.957. The van der Waals surface area contributed by atoms with Crippen LogP contribution in [0.15, 0.2) is 18.2 Å². The lowest BCUT2D eigenvalue weighted by Gasteiger charge is -2.20. The SMILES string of the molecule is CC1SCCCNc2cc(Cl)ccc21.Cl. The number of halogens is 2. The van der Waals surface area contributed by atoms with Gasteiger partial charge in [0.05, 0.1) is 0 Å². The highest BCUT2D eigenvalue weighted by Crippen LogP contribution is 2.36. The molecule has 1 aliphatic heterocycles. The highest BCUT2D eigenvalue weighted by atomic mass is 35.5. The number of hydrogen-bond acceptors (Lipinski definition) is 2. The summed E-state index contributed by atoms with van der Waals surface area (Å²) in [6, 6.07) is 6.13. The van der Waals surface area contributed by atoms with Crippen LogP contribution < -0.4 is 5.32 Å². The number of fused-ring (bicyclic) bond motifs is 1. The summed E-state index contributed by atoms with van der Waals surface area (Å²) >= 11 is 7.99. The van der Waals surface area contributed by atoms with Crippen LogP contribution in [0.5, 0.6) is 0 Å². The predicted molar refractivity (Wildman–Crippen MR) is 72.7 cm³/mol. The summed E-state index contributed by atoms with van der Waals surface area (Å²) in [7, 11) is 0. The molecule has 4 heteroatoms. The molecule has 1 unspecified atom stereocenters. The van der Waals surface area contributed by atoms with Crippen LogP contribution >= 0.6 is 35.8 Å². The van der Waals surface area contributed by atoms with Crippen molar-refractivity contribution in [2.45, 2.75) is 18.6 Å². The zero-order chi connectivity index (χ0) is 9.97. The Morgan fingerprint density at radius 2 is 2.27 bits per heavy atom. The Balaban J connectivity index is 0.00000112. The Labute approximate surface area is 106 Å². The molecule has 1 N–H and O–H groups in total. The molecular formula is C11H15Cl2NS. The second-order valence-corrected chi connectivity index (χ2v) is 5.41. The molecule has 1 atom stereocenters. The van der Waals surface area contributed by atoms with Crippen molar-refractivity contribution in [1.29, 1.82) is 0 Å². The van der Waals surface area contributed by atoms with E-state index in [1.54, 1.807) is 0 Å². The minimum Gasteiger partial charge on any atom is -0.385 e. The summed E-state index contributed by atoms with van der Waals surface area (Å²) in [6.07, 6.45) is 1.22. The molecule has 0 amide bonds. The zero-order valence-electron chi connectivity index (χ0n) is 8.63. The lowest BCUT2D eigenvalue weighted by Crippen LogP contribution is -2.09. The highest BCUT2D eigenvalue weighted by Gasteiger charge is 2.13. The predicted octanol–water partition coefficient (Wildman–Crippen LogP) is 4.37. The number of hydrogen-bond donors (Lipinski definition) is 1. The van der Waals surface area contributed by atoms with Crippen LogP contribution in [0.2, 0.25) is 5.02 Å². The van der Waals surface area contributed by atoms with E-state index >= 15 is 0 Å². The number of anilines is 1. The summed E-state index contributed by atoms with van der Waals surface area (Å²) in [6.45, 7) is 3.30. The van der Waals surface area contributed by atoms with Gasteiger partial charge in [0.1, 0.15) is 0 Å². The van der Waals surface area contributed by atoms with Crippen LogP contribution in [0.4, 0.5) is 5.69 Å². The second-order valence-electron chi connectivity index (χ2n) is 3.52. The first-order valence-electron chi connectivity index (χ1n) is 4.92. The van der Waals surface area contributed by atoms with Crippen molar-refractivity contribution in [3.63, 3.8) is 0 Å². The summed E-state index contributed by atoms with van der Waals surface area (Å²) in [4.78, 5) is 0. The number of benzene rings is 1. The standard InChI is InChI=1S/C11H14ClNS.ClH/c1-8-10-4-3-9(12)7-11(10)13-5-2-6-14-8;/h3-4,7-8,13H,2,5-6H2,1H3;1H.